The van der Waals surface area contributed by atoms with Crippen LogP contribution in [0.3, 0.4) is 0 Å². The van der Waals surface area contributed by atoms with E-state index in [1.54, 1.807) is 11.8 Å². The van der Waals surface area contributed by atoms with Gasteiger partial charge in [-0.15, -0.1) is 0 Å². The van der Waals surface area contributed by atoms with Gasteiger partial charge in [-0.2, -0.15) is 4.98 Å². The van der Waals surface area contributed by atoms with Crippen molar-refractivity contribution in [3.05, 3.63) is 11.7 Å². The SMILES string of the molecule is Cc1noc(CNC2=NCC(C)CS2)n1. The molecule has 1 unspecified atom stereocenters. The minimum Gasteiger partial charge on any atom is -0.356 e. The van der Waals surface area contributed by atoms with E-state index in [4.69, 9.17) is 4.52 Å². The zero-order chi connectivity index (χ0) is 10.7. The van der Waals surface area contributed by atoms with E-state index >= 15 is 0 Å². The van der Waals surface area contributed by atoms with Crippen LogP contribution in [-0.2, 0) is 6.54 Å². The van der Waals surface area contributed by atoms with E-state index in [0.717, 1.165) is 17.5 Å². The first-order chi connectivity index (χ1) is 7.24. The first-order valence-electron chi connectivity index (χ1n) is 4.94. The van der Waals surface area contributed by atoms with Crippen molar-refractivity contribution >= 4 is 16.9 Å². The fraction of sp³-hybridized carbons (Fsp3) is 0.667. The van der Waals surface area contributed by atoms with Crippen molar-refractivity contribution in [3.63, 3.8) is 0 Å². The Morgan fingerprint density at radius 2 is 2.47 bits per heavy atom. The molecule has 6 heteroatoms. The van der Waals surface area contributed by atoms with Crippen molar-refractivity contribution in [1.29, 1.82) is 0 Å². The van der Waals surface area contributed by atoms with E-state index in [1.807, 2.05) is 6.92 Å². The summed E-state index contributed by atoms with van der Waals surface area (Å²) in [5.74, 6) is 3.06. The van der Waals surface area contributed by atoms with Gasteiger partial charge in [-0.1, -0.05) is 23.8 Å². The molecule has 0 amide bonds. The largest absolute Gasteiger partial charge is 0.356 e. The lowest BCUT2D eigenvalue weighted by molar-refractivity contribution is 0.372. The van der Waals surface area contributed by atoms with Crippen LogP contribution in [0.2, 0.25) is 0 Å². The maximum atomic E-state index is 4.99. The Kier molecular flexibility index (Phi) is 3.25. The molecule has 0 fully saturated rings. The number of amidine groups is 1. The standard InChI is InChI=1S/C9H14N4OS/c1-6-3-10-9(15-5-6)11-4-8-12-7(2)13-14-8/h6H,3-5H2,1-2H3,(H,10,11). The van der Waals surface area contributed by atoms with Crippen LogP contribution in [0.4, 0.5) is 0 Å². The maximum absolute atomic E-state index is 4.99. The summed E-state index contributed by atoms with van der Waals surface area (Å²) in [5.41, 5.74) is 0. The molecule has 1 atom stereocenters. The van der Waals surface area contributed by atoms with E-state index in [9.17, 15) is 0 Å². The fourth-order valence-corrected chi connectivity index (χ4v) is 2.12. The van der Waals surface area contributed by atoms with Crippen LogP contribution >= 0.6 is 11.8 Å². The van der Waals surface area contributed by atoms with Crippen molar-refractivity contribution in [2.45, 2.75) is 20.4 Å². The van der Waals surface area contributed by atoms with Crippen molar-refractivity contribution in [1.82, 2.24) is 15.5 Å². The molecule has 0 spiro atoms. The average molecular weight is 226 g/mol. The molecule has 15 heavy (non-hydrogen) atoms. The number of hydrogen-bond acceptors (Lipinski definition) is 6. The van der Waals surface area contributed by atoms with Gasteiger partial charge in [0.25, 0.3) is 0 Å². The lowest BCUT2D eigenvalue weighted by atomic mass is 10.2. The first kappa shape index (κ1) is 10.5. The molecule has 2 heterocycles. The number of rotatable bonds is 2. The summed E-state index contributed by atoms with van der Waals surface area (Å²) in [6.07, 6.45) is 0. The third kappa shape index (κ3) is 2.95. The zero-order valence-corrected chi connectivity index (χ0v) is 9.67. The quantitative estimate of drug-likeness (QED) is 0.821. The van der Waals surface area contributed by atoms with E-state index in [2.05, 4.69) is 27.4 Å². The molecule has 1 aliphatic rings. The second-order valence-electron chi connectivity index (χ2n) is 3.65. The third-order valence-electron chi connectivity index (χ3n) is 2.01. The lowest BCUT2D eigenvalue weighted by Crippen LogP contribution is -2.25. The number of nitrogens with one attached hydrogen (secondary N) is 1. The van der Waals surface area contributed by atoms with Crippen LogP contribution in [0.5, 0.6) is 0 Å². The zero-order valence-electron chi connectivity index (χ0n) is 8.86. The Labute approximate surface area is 92.7 Å². The highest BCUT2D eigenvalue weighted by atomic mass is 32.2. The highest BCUT2D eigenvalue weighted by Gasteiger charge is 2.12. The van der Waals surface area contributed by atoms with Gasteiger partial charge in [0.15, 0.2) is 11.0 Å². The van der Waals surface area contributed by atoms with E-state index in [-0.39, 0.29) is 0 Å². The Balaban J connectivity index is 1.83. The van der Waals surface area contributed by atoms with Gasteiger partial charge in [-0.25, -0.2) is 0 Å². The van der Waals surface area contributed by atoms with Gasteiger partial charge in [0.1, 0.15) is 0 Å². The summed E-state index contributed by atoms with van der Waals surface area (Å²) in [6.45, 7) is 5.47. The second kappa shape index (κ2) is 4.65. The number of hydrogen-bond donors (Lipinski definition) is 1. The Bertz CT molecular complexity index is 363. The molecule has 0 aliphatic carbocycles. The number of aromatic nitrogens is 2. The summed E-state index contributed by atoms with van der Waals surface area (Å²) in [5, 5.41) is 7.88. The van der Waals surface area contributed by atoms with Gasteiger partial charge in [-0.05, 0) is 12.8 Å². The predicted molar refractivity (Wildman–Crippen MR) is 59.8 cm³/mol. The molecule has 0 aromatic carbocycles. The van der Waals surface area contributed by atoms with Crippen molar-refractivity contribution < 1.29 is 4.52 Å². The molecule has 2 rings (SSSR count). The molecule has 1 N–H and O–H groups in total. The molecule has 0 saturated carbocycles. The van der Waals surface area contributed by atoms with Crippen molar-refractivity contribution in [2.75, 3.05) is 12.3 Å². The van der Waals surface area contributed by atoms with Crippen molar-refractivity contribution in [3.8, 4) is 0 Å². The number of aryl methyl sites for hydroxylation is 1. The molecule has 1 aliphatic heterocycles. The van der Waals surface area contributed by atoms with E-state index in [1.165, 1.54) is 0 Å². The monoisotopic (exact) mass is 226 g/mol. The number of nitrogens with zero attached hydrogens (tertiary/aromatic N) is 3. The summed E-state index contributed by atoms with van der Waals surface area (Å²) in [7, 11) is 0. The predicted octanol–water partition coefficient (Wildman–Crippen LogP) is 1.21. The number of aliphatic imine (C=N–C) groups is 1. The Morgan fingerprint density at radius 3 is 3.07 bits per heavy atom. The average Bonchev–Trinajstić information content (AvgIpc) is 2.64. The minimum atomic E-state index is 0.557. The molecule has 1 aromatic heterocycles. The Hall–Kier alpha value is -1.04. The molecule has 0 bridgehead atoms. The fourth-order valence-electron chi connectivity index (χ4n) is 1.23. The van der Waals surface area contributed by atoms with Gasteiger partial charge < -0.3 is 9.84 Å². The first-order valence-corrected chi connectivity index (χ1v) is 5.93. The molecule has 0 radical (unpaired) electrons. The molecule has 0 saturated heterocycles. The van der Waals surface area contributed by atoms with Gasteiger partial charge >= 0.3 is 0 Å². The van der Waals surface area contributed by atoms with Gasteiger partial charge in [0.2, 0.25) is 5.89 Å². The summed E-state index contributed by atoms with van der Waals surface area (Å²) >= 11 is 1.75. The van der Waals surface area contributed by atoms with Gasteiger partial charge in [0, 0.05) is 12.3 Å². The van der Waals surface area contributed by atoms with Gasteiger partial charge in [-0.3, -0.25) is 4.99 Å². The topological polar surface area (TPSA) is 63.3 Å². The van der Waals surface area contributed by atoms with Crippen LogP contribution in [-0.4, -0.2) is 27.6 Å². The van der Waals surface area contributed by atoms with Crippen LogP contribution in [0.15, 0.2) is 9.52 Å². The van der Waals surface area contributed by atoms with Crippen LogP contribution < -0.4 is 5.32 Å². The third-order valence-corrected chi connectivity index (χ3v) is 3.29. The van der Waals surface area contributed by atoms with E-state index < -0.39 is 0 Å². The molecular weight excluding hydrogens is 212 g/mol. The van der Waals surface area contributed by atoms with Crippen LogP contribution in [0, 0.1) is 12.8 Å². The molecule has 82 valence electrons. The highest BCUT2D eigenvalue weighted by Crippen LogP contribution is 2.15. The molecule has 1 aromatic rings. The molecular formula is C9H14N4OS. The summed E-state index contributed by atoms with van der Waals surface area (Å²) in [4.78, 5) is 8.52. The summed E-state index contributed by atoms with van der Waals surface area (Å²) in [6, 6.07) is 0. The normalized spacial score (nSPS) is 21.2. The highest BCUT2D eigenvalue weighted by molar-refractivity contribution is 8.13. The number of thioether (sulfide) groups is 1. The minimum absolute atomic E-state index is 0.557. The summed E-state index contributed by atoms with van der Waals surface area (Å²) < 4.78 is 4.99. The van der Waals surface area contributed by atoms with Crippen LogP contribution in [0.25, 0.3) is 0 Å². The maximum Gasteiger partial charge on any atom is 0.245 e. The van der Waals surface area contributed by atoms with Crippen LogP contribution in [0.1, 0.15) is 18.6 Å². The second-order valence-corrected chi connectivity index (χ2v) is 4.66. The smallest absolute Gasteiger partial charge is 0.245 e. The van der Waals surface area contributed by atoms with Gasteiger partial charge in [0.05, 0.1) is 6.54 Å². The lowest BCUT2D eigenvalue weighted by Gasteiger charge is -2.16. The Morgan fingerprint density at radius 1 is 1.60 bits per heavy atom. The van der Waals surface area contributed by atoms with Crippen molar-refractivity contribution in [2.24, 2.45) is 10.9 Å². The molecule has 5 nitrogen and oxygen atoms in total. The van der Waals surface area contributed by atoms with E-state index in [0.29, 0.717) is 24.2 Å².